The second-order valence-corrected chi connectivity index (χ2v) is 6.71. The highest BCUT2D eigenvalue weighted by atomic mass is 32.2. The molecular formula is C12H17N2S2+. The Hall–Kier alpha value is -0.740. The molecule has 0 aliphatic heterocycles. The van der Waals surface area contributed by atoms with Gasteiger partial charge in [0.2, 0.25) is 0 Å². The van der Waals surface area contributed by atoms with Crippen molar-refractivity contribution < 1.29 is 0 Å². The Balaban J connectivity index is 2.72. The summed E-state index contributed by atoms with van der Waals surface area (Å²) in [7, 11) is 0. The van der Waals surface area contributed by atoms with Crippen molar-refractivity contribution in [2.45, 2.75) is 39.8 Å². The standard InChI is InChI=1S/C12H17N2S2/c1-8(2)14(9(3)4)12-15-10-5-6-13-7-11(10)16-12/h5-9H,1-4H3/q+1. The fourth-order valence-electron chi connectivity index (χ4n) is 1.86. The molecule has 2 aromatic rings. The zero-order chi connectivity index (χ0) is 11.7. The van der Waals surface area contributed by atoms with Crippen molar-refractivity contribution in [3.05, 3.63) is 22.4 Å². The van der Waals surface area contributed by atoms with Crippen LogP contribution in [-0.2, 0) is 0 Å². The average molecular weight is 253 g/mol. The van der Waals surface area contributed by atoms with E-state index in [0.717, 1.165) is 0 Å². The van der Waals surface area contributed by atoms with Gasteiger partial charge in [-0.25, -0.2) is 4.58 Å². The summed E-state index contributed by atoms with van der Waals surface area (Å²) >= 11 is 3.71. The van der Waals surface area contributed by atoms with E-state index in [1.165, 1.54) is 13.4 Å². The summed E-state index contributed by atoms with van der Waals surface area (Å²) < 4.78 is 6.47. The van der Waals surface area contributed by atoms with Crippen LogP contribution in [-0.4, -0.2) is 17.1 Å². The molecule has 0 saturated carbocycles. The molecule has 0 aliphatic carbocycles. The van der Waals surface area contributed by atoms with Crippen LogP contribution in [0, 0.1) is 0 Å². The van der Waals surface area contributed by atoms with Gasteiger partial charge in [-0.3, -0.25) is 4.98 Å². The van der Waals surface area contributed by atoms with E-state index in [-0.39, 0.29) is 0 Å². The first-order chi connectivity index (χ1) is 7.59. The number of hydrogen-bond acceptors (Lipinski definition) is 3. The van der Waals surface area contributed by atoms with E-state index in [2.05, 4.69) is 43.3 Å². The first-order valence-corrected chi connectivity index (χ1v) is 7.18. The predicted molar refractivity (Wildman–Crippen MR) is 73.0 cm³/mol. The Morgan fingerprint density at radius 2 is 1.69 bits per heavy atom. The lowest BCUT2D eigenvalue weighted by atomic mass is 10.3. The molecule has 0 N–H and O–H groups in total. The average Bonchev–Trinajstić information content (AvgIpc) is 2.58. The van der Waals surface area contributed by atoms with Crippen molar-refractivity contribution in [2.24, 2.45) is 0 Å². The third-order valence-electron chi connectivity index (χ3n) is 2.46. The molecule has 2 nitrogen and oxygen atoms in total. The van der Waals surface area contributed by atoms with Gasteiger partial charge in [0.1, 0.15) is 12.1 Å². The molecule has 4 heteroatoms. The Morgan fingerprint density at radius 3 is 2.25 bits per heavy atom. The smallest absolute Gasteiger partial charge is 0.263 e. The molecule has 0 aliphatic rings. The summed E-state index contributed by atoms with van der Waals surface area (Å²) in [5, 5.41) is 0. The zero-order valence-corrected chi connectivity index (χ0v) is 11.7. The second-order valence-electron chi connectivity index (χ2n) is 4.39. The molecule has 0 bridgehead atoms. The lowest BCUT2D eigenvalue weighted by Crippen LogP contribution is -2.38. The van der Waals surface area contributed by atoms with Crippen molar-refractivity contribution >= 4 is 32.1 Å². The molecule has 2 heterocycles. The monoisotopic (exact) mass is 253 g/mol. The molecule has 86 valence electrons. The first kappa shape index (κ1) is 11.7. The number of hydrogen-bond donors (Lipinski definition) is 0. The maximum Gasteiger partial charge on any atom is 0.315 e. The van der Waals surface area contributed by atoms with Crippen LogP contribution < -0.4 is 8.56 Å². The second kappa shape index (κ2) is 4.63. The fourth-order valence-corrected chi connectivity index (χ4v) is 4.81. The highest BCUT2D eigenvalue weighted by molar-refractivity contribution is 7.35. The Kier molecular flexibility index (Phi) is 3.40. The lowest BCUT2D eigenvalue weighted by Gasteiger charge is -2.08. The molecule has 0 fully saturated rings. The van der Waals surface area contributed by atoms with Gasteiger partial charge < -0.3 is 0 Å². The summed E-state index contributed by atoms with van der Waals surface area (Å²) in [5.41, 5.74) is 0. The first-order valence-electron chi connectivity index (χ1n) is 5.54. The van der Waals surface area contributed by atoms with Crippen LogP contribution in [0.2, 0.25) is 0 Å². The van der Waals surface area contributed by atoms with Gasteiger partial charge in [-0.15, -0.1) is 0 Å². The molecule has 16 heavy (non-hydrogen) atoms. The summed E-state index contributed by atoms with van der Waals surface area (Å²) in [5.74, 6) is 0. The minimum absolute atomic E-state index is 0.539. The maximum atomic E-state index is 4.17. The SMILES string of the molecule is CC(C)[N+](=c1sc2ccncc2s1)C(C)C. The Morgan fingerprint density at radius 1 is 1.06 bits per heavy atom. The zero-order valence-electron chi connectivity index (χ0n) is 10.1. The molecular weight excluding hydrogens is 236 g/mol. The van der Waals surface area contributed by atoms with Gasteiger partial charge in [-0.2, -0.15) is 0 Å². The quantitative estimate of drug-likeness (QED) is 0.752. The van der Waals surface area contributed by atoms with Crippen LogP contribution in [0.3, 0.4) is 0 Å². The van der Waals surface area contributed by atoms with Gasteiger partial charge in [0.05, 0.1) is 9.40 Å². The third kappa shape index (κ3) is 2.18. The van der Waals surface area contributed by atoms with Gasteiger partial charge in [0.25, 0.3) is 0 Å². The van der Waals surface area contributed by atoms with E-state index in [0.29, 0.717) is 12.1 Å². The number of fused-ring (bicyclic) bond motifs is 1. The molecule has 0 saturated heterocycles. The molecule has 2 aromatic heterocycles. The van der Waals surface area contributed by atoms with Gasteiger partial charge in [-0.1, -0.05) is 22.7 Å². The minimum atomic E-state index is 0.539. The van der Waals surface area contributed by atoms with E-state index in [9.17, 15) is 0 Å². The van der Waals surface area contributed by atoms with E-state index in [4.69, 9.17) is 0 Å². The Labute approximate surface area is 104 Å². The van der Waals surface area contributed by atoms with E-state index in [1.807, 2.05) is 35.1 Å². The fraction of sp³-hybridized carbons (Fsp3) is 0.500. The normalized spacial score (nSPS) is 11.6. The van der Waals surface area contributed by atoms with Gasteiger partial charge in [0.15, 0.2) is 0 Å². The van der Waals surface area contributed by atoms with E-state index < -0.39 is 0 Å². The van der Waals surface area contributed by atoms with Crippen LogP contribution in [0.25, 0.3) is 9.40 Å². The van der Waals surface area contributed by atoms with Crippen molar-refractivity contribution in [3.8, 4) is 0 Å². The summed E-state index contributed by atoms with van der Waals surface area (Å²) in [6, 6.07) is 3.17. The minimum Gasteiger partial charge on any atom is -0.263 e. The molecule has 0 radical (unpaired) electrons. The van der Waals surface area contributed by atoms with Gasteiger partial charge in [-0.05, 0) is 33.8 Å². The number of aromatic nitrogens is 1. The van der Waals surface area contributed by atoms with E-state index in [1.54, 1.807) is 0 Å². The largest absolute Gasteiger partial charge is 0.315 e. The highest BCUT2D eigenvalue weighted by Gasteiger charge is 2.17. The van der Waals surface area contributed by atoms with Crippen LogP contribution in [0.1, 0.15) is 27.7 Å². The third-order valence-corrected chi connectivity index (χ3v) is 4.99. The molecule has 0 atom stereocenters. The maximum absolute atomic E-state index is 4.17. The van der Waals surface area contributed by atoms with Crippen molar-refractivity contribution in [1.82, 2.24) is 9.56 Å². The van der Waals surface area contributed by atoms with Crippen molar-refractivity contribution in [3.63, 3.8) is 0 Å². The Bertz CT molecular complexity index is 503. The lowest BCUT2D eigenvalue weighted by molar-refractivity contribution is 0.434. The van der Waals surface area contributed by atoms with Gasteiger partial charge in [0, 0.05) is 12.4 Å². The van der Waals surface area contributed by atoms with Crippen LogP contribution in [0.4, 0.5) is 0 Å². The van der Waals surface area contributed by atoms with Crippen molar-refractivity contribution in [2.75, 3.05) is 0 Å². The highest BCUT2D eigenvalue weighted by Crippen LogP contribution is 2.19. The molecule has 2 rings (SSSR count). The molecule has 0 aromatic carbocycles. The predicted octanol–water partition coefficient (Wildman–Crippen LogP) is 2.95. The van der Waals surface area contributed by atoms with Crippen LogP contribution >= 0.6 is 22.7 Å². The summed E-state index contributed by atoms with van der Waals surface area (Å²) in [6.45, 7) is 8.98. The van der Waals surface area contributed by atoms with Crippen LogP contribution in [0.15, 0.2) is 18.5 Å². The molecule has 0 amide bonds. The van der Waals surface area contributed by atoms with Gasteiger partial charge >= 0.3 is 3.98 Å². The molecule has 0 spiro atoms. The van der Waals surface area contributed by atoms with E-state index >= 15 is 0 Å². The van der Waals surface area contributed by atoms with Crippen LogP contribution in [0.5, 0.6) is 0 Å². The van der Waals surface area contributed by atoms with Crippen molar-refractivity contribution in [1.29, 1.82) is 0 Å². The number of nitrogens with zero attached hydrogens (tertiary/aromatic N) is 2. The number of pyridine rings is 1. The summed E-state index contributed by atoms with van der Waals surface area (Å²) in [6.07, 6.45) is 3.82. The summed E-state index contributed by atoms with van der Waals surface area (Å²) in [4.78, 5) is 4.17. The number of rotatable bonds is 2. The topological polar surface area (TPSA) is 15.9 Å². The molecule has 0 unspecified atom stereocenters.